The second kappa shape index (κ2) is 63.8. The summed E-state index contributed by atoms with van der Waals surface area (Å²) in [6, 6.07) is 0. The van der Waals surface area contributed by atoms with Gasteiger partial charge in [-0.05, 0) is 96.3 Å². The molecular weight excluding hydrogens is 862 g/mol. The molecule has 0 fully saturated rings. The summed E-state index contributed by atoms with van der Waals surface area (Å²) in [4.78, 5) is 31.0. The molecule has 0 aromatic rings. The molecule has 0 spiro atoms. The Morgan fingerprint density at radius 3 is 0.662 bits per heavy atom. The first-order valence-corrected chi connectivity index (χ1v) is 31.2. The van der Waals surface area contributed by atoms with E-state index >= 15 is 0 Å². The maximum Gasteiger partial charge on any atom is 0.303 e. The fourth-order valence-electron chi connectivity index (χ4n) is 7.43. The molecule has 1 aliphatic heterocycles. The Balaban J connectivity index is -0.000000837. The molecule has 65 heavy (non-hydrogen) atoms. The third kappa shape index (κ3) is 76.3. The average Bonchev–Trinajstić information content (AvgIpc) is 3.89. The van der Waals surface area contributed by atoms with Gasteiger partial charge in [0.15, 0.2) is 0 Å². The standard InChI is InChI=1S/3C18H34O2.C4H4.Ga.H/c3*1-2-3-4-5-6-7-8-9-10-11-12-13-14-15-16-17-18(19)20;1-3-4-2;;/h3*9-10H,2-8,11-17H2,1H3,(H,19,20);1-4H;;/b3*10-9-;;;. The minimum absolute atomic E-state index is 0.153. The van der Waals surface area contributed by atoms with Crippen molar-refractivity contribution in [3.63, 3.8) is 0 Å². The van der Waals surface area contributed by atoms with Gasteiger partial charge in [-0.3, -0.25) is 14.4 Å². The van der Waals surface area contributed by atoms with Crippen LogP contribution in [0.2, 0.25) is 0 Å². The zero-order chi connectivity index (χ0) is 48.2. The molecule has 1 aliphatic rings. The fourth-order valence-corrected chi connectivity index (χ4v) is 9.08. The quantitative estimate of drug-likeness (QED) is 0.0318. The van der Waals surface area contributed by atoms with Crippen molar-refractivity contribution in [2.45, 2.75) is 290 Å². The van der Waals surface area contributed by atoms with E-state index in [-0.39, 0.29) is 17.4 Å². The van der Waals surface area contributed by atoms with Gasteiger partial charge < -0.3 is 15.3 Å². The molecular formula is C58H107GaO6. The van der Waals surface area contributed by atoms with Crippen LogP contribution in [0.1, 0.15) is 290 Å². The third-order valence-electron chi connectivity index (χ3n) is 11.6. The van der Waals surface area contributed by atoms with Gasteiger partial charge in [-0.15, -0.1) is 0 Å². The molecule has 0 aromatic heterocycles. The van der Waals surface area contributed by atoms with Crippen molar-refractivity contribution in [2.24, 2.45) is 0 Å². The summed E-state index contributed by atoms with van der Waals surface area (Å²) < 4.78 is 4.62. The molecule has 6 nitrogen and oxygen atoms in total. The summed E-state index contributed by atoms with van der Waals surface area (Å²) in [6.45, 7) is 6.78. The van der Waals surface area contributed by atoms with Crippen LogP contribution in [-0.4, -0.2) is 50.6 Å². The molecule has 1 heterocycles. The summed E-state index contributed by atoms with van der Waals surface area (Å²) in [5, 5.41) is 25.5. The van der Waals surface area contributed by atoms with Crippen LogP contribution < -0.4 is 0 Å². The number of aliphatic carboxylic acids is 3. The first-order chi connectivity index (χ1) is 31.8. The zero-order valence-corrected chi connectivity index (χ0v) is 46.2. The van der Waals surface area contributed by atoms with Crippen LogP contribution in [0.3, 0.4) is 0 Å². The number of rotatable bonds is 45. The maximum atomic E-state index is 10.3. The predicted octanol–water partition coefficient (Wildman–Crippen LogP) is 18.8. The monoisotopic (exact) mass is 969 g/mol. The van der Waals surface area contributed by atoms with Crippen LogP contribution in [0.4, 0.5) is 0 Å². The first kappa shape index (κ1) is 67.0. The Bertz CT molecular complexity index is 981. The van der Waals surface area contributed by atoms with E-state index in [2.05, 4.69) is 78.6 Å². The van der Waals surface area contributed by atoms with E-state index in [4.69, 9.17) is 15.3 Å². The van der Waals surface area contributed by atoms with Crippen LogP contribution in [0.15, 0.2) is 57.9 Å². The Hall–Kier alpha value is -2.25. The summed E-state index contributed by atoms with van der Waals surface area (Å²) in [6.07, 6.45) is 68.0. The molecule has 0 radical (unpaired) electrons. The van der Waals surface area contributed by atoms with E-state index in [9.17, 15) is 14.4 Å². The second-order valence-corrected chi connectivity index (χ2v) is 21.2. The van der Waals surface area contributed by atoms with E-state index in [1.807, 2.05) is 0 Å². The van der Waals surface area contributed by atoms with Gasteiger partial charge in [-0.25, -0.2) is 0 Å². The first-order valence-electron chi connectivity index (χ1n) is 27.7. The van der Waals surface area contributed by atoms with Gasteiger partial charge in [-0.1, -0.05) is 211 Å². The minimum Gasteiger partial charge on any atom is -0.481 e. The van der Waals surface area contributed by atoms with Crippen molar-refractivity contribution in [3.8, 4) is 0 Å². The minimum atomic E-state index is -0.664. The van der Waals surface area contributed by atoms with Gasteiger partial charge in [-0.2, -0.15) is 0 Å². The molecule has 3 N–H and O–H groups in total. The van der Waals surface area contributed by atoms with Crippen LogP contribution in [0.25, 0.3) is 0 Å². The molecule has 0 aliphatic carbocycles. The average molecular weight is 970 g/mol. The molecule has 378 valence electrons. The molecule has 0 atom stereocenters. The molecule has 0 saturated heterocycles. The van der Waals surface area contributed by atoms with E-state index in [0.717, 1.165) is 38.5 Å². The smallest absolute Gasteiger partial charge is 0.303 e. The van der Waals surface area contributed by atoms with Crippen molar-refractivity contribution >= 4 is 35.3 Å². The van der Waals surface area contributed by atoms with E-state index in [0.29, 0.717) is 19.3 Å². The van der Waals surface area contributed by atoms with E-state index < -0.39 is 17.9 Å². The molecule has 0 unspecified atom stereocenters. The largest absolute Gasteiger partial charge is 0.481 e. The van der Waals surface area contributed by atoms with Crippen molar-refractivity contribution in [2.75, 3.05) is 0 Å². The van der Waals surface area contributed by atoms with Gasteiger partial charge in [0.25, 0.3) is 0 Å². The van der Waals surface area contributed by atoms with Crippen molar-refractivity contribution < 1.29 is 29.7 Å². The predicted molar refractivity (Wildman–Crippen MR) is 287 cm³/mol. The second-order valence-electron chi connectivity index (χ2n) is 18.3. The van der Waals surface area contributed by atoms with Crippen LogP contribution in [-0.2, 0) is 14.4 Å². The molecule has 0 bridgehead atoms. The number of allylic oxidation sites excluding steroid dienone is 8. The van der Waals surface area contributed by atoms with E-state index in [1.54, 1.807) is 0 Å². The molecule has 1 rings (SSSR count). The number of unbranched alkanes of at least 4 members (excludes halogenated alkanes) is 33. The topological polar surface area (TPSA) is 112 Å². The SMILES string of the molecule is C1=[CH][GaH][CH]=C1.CCCCCCCC/C=C\CCCCCCCC(=O)O.CCCCCCCC/C=C\CCCCCCCC(=O)O.CCCCCCCC/C=C\CCCCCCCC(=O)O. The Kier molecular flexibility index (Phi) is 65.8. The molecule has 0 saturated carbocycles. The fraction of sp³-hybridized carbons (Fsp3) is 0.776. The van der Waals surface area contributed by atoms with Crippen molar-refractivity contribution in [1.29, 1.82) is 0 Å². The van der Waals surface area contributed by atoms with Crippen molar-refractivity contribution in [3.05, 3.63) is 57.9 Å². The van der Waals surface area contributed by atoms with Gasteiger partial charge in [0.2, 0.25) is 0 Å². The number of carboxylic acids is 3. The van der Waals surface area contributed by atoms with Crippen LogP contribution in [0, 0.1) is 0 Å². The number of carboxylic acid groups (broad SMARTS) is 3. The van der Waals surface area contributed by atoms with E-state index in [1.165, 1.54) is 212 Å². The summed E-state index contributed by atoms with van der Waals surface area (Å²) >= 11 is -0.153. The molecule has 7 heteroatoms. The Morgan fingerprint density at radius 2 is 0.492 bits per heavy atom. The van der Waals surface area contributed by atoms with Crippen LogP contribution in [0.5, 0.6) is 0 Å². The number of carbonyl (C=O) groups is 3. The third-order valence-corrected chi connectivity index (χ3v) is 13.9. The van der Waals surface area contributed by atoms with Crippen LogP contribution >= 0.6 is 0 Å². The Labute approximate surface area is 411 Å². The number of hydrogen-bond acceptors (Lipinski definition) is 3. The molecule has 0 aromatic carbocycles. The van der Waals surface area contributed by atoms with Gasteiger partial charge in [0.05, 0.1) is 0 Å². The van der Waals surface area contributed by atoms with Crippen molar-refractivity contribution in [1.82, 2.24) is 0 Å². The van der Waals surface area contributed by atoms with Gasteiger partial charge >= 0.3 is 56.7 Å². The number of hydrogen-bond donors (Lipinski definition) is 3. The summed E-state index contributed by atoms with van der Waals surface area (Å²) in [5.41, 5.74) is 0. The summed E-state index contributed by atoms with van der Waals surface area (Å²) in [5.74, 6) is -1.99. The normalized spacial score (nSPS) is 11.6. The van der Waals surface area contributed by atoms with Gasteiger partial charge in [0, 0.05) is 19.3 Å². The van der Waals surface area contributed by atoms with Gasteiger partial charge in [0.1, 0.15) is 0 Å². The zero-order valence-electron chi connectivity index (χ0n) is 43.2. The summed E-state index contributed by atoms with van der Waals surface area (Å²) in [7, 11) is 0. The Morgan fingerprint density at radius 1 is 0.308 bits per heavy atom. The maximum absolute atomic E-state index is 10.3. The molecule has 0 amide bonds.